The third-order valence-electron chi connectivity index (χ3n) is 5.50. The van der Waals surface area contributed by atoms with E-state index in [9.17, 15) is 14.0 Å². The second-order valence-electron chi connectivity index (χ2n) is 8.15. The SMILES string of the molecule is Cc1cc(C)c(NC(=O)Cn2c(=O)nc(NCc3ccc(F)cc3)c3ccccc32)c(C)c1. The molecule has 4 rings (SSSR count). The first-order valence-electron chi connectivity index (χ1n) is 10.7. The second-order valence-corrected chi connectivity index (χ2v) is 8.15. The molecule has 2 N–H and O–H groups in total. The summed E-state index contributed by atoms with van der Waals surface area (Å²) in [5.41, 5.74) is 4.75. The van der Waals surface area contributed by atoms with E-state index >= 15 is 0 Å². The topological polar surface area (TPSA) is 76.0 Å². The first kappa shape index (κ1) is 22.2. The average Bonchev–Trinajstić information content (AvgIpc) is 2.78. The summed E-state index contributed by atoms with van der Waals surface area (Å²) in [6.07, 6.45) is 0. The van der Waals surface area contributed by atoms with Gasteiger partial charge in [-0.25, -0.2) is 9.18 Å². The van der Waals surface area contributed by atoms with Crippen LogP contribution in [0, 0.1) is 26.6 Å². The molecule has 0 radical (unpaired) electrons. The summed E-state index contributed by atoms with van der Waals surface area (Å²) in [5.74, 6) is -0.188. The molecule has 3 aromatic carbocycles. The molecule has 0 bridgehead atoms. The molecule has 0 aliphatic carbocycles. The Kier molecular flexibility index (Phi) is 6.22. The number of aryl methyl sites for hydroxylation is 3. The van der Waals surface area contributed by atoms with E-state index in [4.69, 9.17) is 0 Å². The van der Waals surface area contributed by atoms with Gasteiger partial charge in [-0.15, -0.1) is 0 Å². The van der Waals surface area contributed by atoms with E-state index in [-0.39, 0.29) is 18.3 Å². The van der Waals surface area contributed by atoms with E-state index in [1.165, 1.54) is 16.7 Å². The summed E-state index contributed by atoms with van der Waals surface area (Å²) >= 11 is 0. The van der Waals surface area contributed by atoms with Crippen molar-refractivity contribution in [3.05, 3.63) is 99.2 Å². The molecule has 0 fully saturated rings. The Morgan fingerprint density at radius 1 is 1.00 bits per heavy atom. The van der Waals surface area contributed by atoms with Gasteiger partial charge in [0.15, 0.2) is 0 Å². The third kappa shape index (κ3) is 4.92. The van der Waals surface area contributed by atoms with E-state index in [0.29, 0.717) is 17.9 Å². The van der Waals surface area contributed by atoms with Gasteiger partial charge in [0.1, 0.15) is 18.2 Å². The molecule has 4 aromatic rings. The molecular weight excluding hydrogens is 419 g/mol. The lowest BCUT2D eigenvalue weighted by atomic mass is 10.1. The zero-order valence-electron chi connectivity index (χ0n) is 18.8. The molecule has 0 unspecified atom stereocenters. The van der Waals surface area contributed by atoms with Crippen molar-refractivity contribution in [1.29, 1.82) is 0 Å². The number of hydrogen-bond acceptors (Lipinski definition) is 4. The van der Waals surface area contributed by atoms with Crippen molar-refractivity contribution in [1.82, 2.24) is 9.55 Å². The maximum Gasteiger partial charge on any atom is 0.350 e. The monoisotopic (exact) mass is 444 g/mol. The van der Waals surface area contributed by atoms with E-state index < -0.39 is 5.69 Å². The summed E-state index contributed by atoms with van der Waals surface area (Å²) in [5, 5.41) is 6.81. The van der Waals surface area contributed by atoms with Crippen molar-refractivity contribution >= 4 is 28.3 Å². The highest BCUT2D eigenvalue weighted by atomic mass is 19.1. The Morgan fingerprint density at radius 3 is 2.36 bits per heavy atom. The van der Waals surface area contributed by atoms with E-state index in [0.717, 1.165) is 33.3 Å². The van der Waals surface area contributed by atoms with Gasteiger partial charge in [-0.2, -0.15) is 4.98 Å². The summed E-state index contributed by atoms with van der Waals surface area (Å²) in [4.78, 5) is 29.9. The number of rotatable bonds is 6. The Morgan fingerprint density at radius 2 is 1.67 bits per heavy atom. The molecule has 33 heavy (non-hydrogen) atoms. The number of hydrogen-bond donors (Lipinski definition) is 2. The minimum atomic E-state index is -0.525. The van der Waals surface area contributed by atoms with Gasteiger partial charge in [0, 0.05) is 17.6 Å². The van der Waals surface area contributed by atoms with Gasteiger partial charge in [0.05, 0.1) is 5.52 Å². The lowest BCUT2D eigenvalue weighted by Crippen LogP contribution is -2.30. The van der Waals surface area contributed by atoms with Gasteiger partial charge in [-0.3, -0.25) is 9.36 Å². The molecule has 0 aliphatic heterocycles. The van der Waals surface area contributed by atoms with E-state index in [1.54, 1.807) is 18.2 Å². The van der Waals surface area contributed by atoms with E-state index in [1.807, 2.05) is 51.1 Å². The number of benzene rings is 3. The van der Waals surface area contributed by atoms with Gasteiger partial charge in [-0.1, -0.05) is 42.0 Å². The molecular formula is C26H25FN4O2. The van der Waals surface area contributed by atoms with Gasteiger partial charge < -0.3 is 10.6 Å². The summed E-state index contributed by atoms with van der Waals surface area (Å²) in [7, 11) is 0. The fourth-order valence-electron chi connectivity index (χ4n) is 4.00. The zero-order valence-corrected chi connectivity index (χ0v) is 18.8. The number of fused-ring (bicyclic) bond motifs is 1. The summed E-state index contributed by atoms with van der Waals surface area (Å²) in [6, 6.07) is 17.4. The highest BCUT2D eigenvalue weighted by Gasteiger charge is 2.15. The molecule has 6 nitrogen and oxygen atoms in total. The average molecular weight is 445 g/mol. The largest absolute Gasteiger partial charge is 0.365 e. The Bertz CT molecular complexity index is 1370. The number of carbonyl (C=O) groups excluding carboxylic acids is 1. The number of nitrogens with zero attached hydrogens (tertiary/aromatic N) is 2. The molecule has 1 heterocycles. The Hall–Kier alpha value is -4.00. The number of nitrogens with one attached hydrogen (secondary N) is 2. The van der Waals surface area contributed by atoms with Crippen LogP contribution in [-0.4, -0.2) is 15.5 Å². The second kappa shape index (κ2) is 9.24. The third-order valence-corrected chi connectivity index (χ3v) is 5.50. The normalized spacial score (nSPS) is 10.9. The molecule has 0 aliphatic rings. The molecule has 7 heteroatoms. The quantitative estimate of drug-likeness (QED) is 0.452. The first-order valence-corrected chi connectivity index (χ1v) is 10.7. The van der Waals surface area contributed by atoms with Gasteiger partial charge >= 0.3 is 5.69 Å². The van der Waals surface area contributed by atoms with Crippen molar-refractivity contribution in [3.8, 4) is 0 Å². The lowest BCUT2D eigenvalue weighted by molar-refractivity contribution is -0.116. The Balaban J connectivity index is 1.60. The Labute approximate surface area is 191 Å². The van der Waals surface area contributed by atoms with Gasteiger partial charge in [-0.05, 0) is 61.7 Å². The zero-order chi connectivity index (χ0) is 23.5. The molecule has 0 spiro atoms. The minimum absolute atomic E-state index is 0.155. The summed E-state index contributed by atoms with van der Waals surface area (Å²) in [6.45, 7) is 6.12. The molecule has 0 saturated carbocycles. The maximum absolute atomic E-state index is 13.1. The highest BCUT2D eigenvalue weighted by Crippen LogP contribution is 2.23. The van der Waals surface area contributed by atoms with Crippen LogP contribution in [-0.2, 0) is 17.9 Å². The van der Waals surface area contributed by atoms with Crippen molar-refractivity contribution in [2.45, 2.75) is 33.9 Å². The number of halogens is 1. The van der Waals surface area contributed by atoms with Crippen LogP contribution >= 0.6 is 0 Å². The number of amides is 1. The predicted octanol–water partition coefficient (Wildman–Crippen LogP) is 4.71. The van der Waals surface area contributed by atoms with Crippen molar-refractivity contribution in [2.75, 3.05) is 10.6 Å². The van der Waals surface area contributed by atoms with Crippen LogP contribution in [0.3, 0.4) is 0 Å². The fraction of sp³-hybridized carbons (Fsp3) is 0.192. The van der Waals surface area contributed by atoms with Crippen LogP contribution < -0.4 is 16.3 Å². The summed E-state index contributed by atoms with van der Waals surface area (Å²) < 4.78 is 14.5. The van der Waals surface area contributed by atoms with Crippen molar-refractivity contribution < 1.29 is 9.18 Å². The van der Waals surface area contributed by atoms with Crippen LogP contribution in [0.15, 0.2) is 65.5 Å². The molecule has 1 amide bonds. The maximum atomic E-state index is 13.1. The van der Waals surface area contributed by atoms with Crippen molar-refractivity contribution in [2.24, 2.45) is 0 Å². The van der Waals surface area contributed by atoms with Crippen LogP contribution in [0.5, 0.6) is 0 Å². The van der Waals surface area contributed by atoms with Crippen LogP contribution in [0.1, 0.15) is 22.3 Å². The van der Waals surface area contributed by atoms with Crippen LogP contribution in [0.2, 0.25) is 0 Å². The number of aromatic nitrogens is 2. The number of anilines is 2. The first-order chi connectivity index (χ1) is 15.8. The fourth-order valence-corrected chi connectivity index (χ4v) is 4.00. The predicted molar refractivity (Wildman–Crippen MR) is 129 cm³/mol. The molecule has 1 aromatic heterocycles. The smallest absolute Gasteiger partial charge is 0.350 e. The lowest BCUT2D eigenvalue weighted by Gasteiger charge is -2.16. The van der Waals surface area contributed by atoms with Crippen LogP contribution in [0.4, 0.5) is 15.9 Å². The van der Waals surface area contributed by atoms with Crippen molar-refractivity contribution in [3.63, 3.8) is 0 Å². The van der Waals surface area contributed by atoms with E-state index in [2.05, 4.69) is 15.6 Å². The van der Waals surface area contributed by atoms with Gasteiger partial charge in [0.25, 0.3) is 0 Å². The van der Waals surface area contributed by atoms with Crippen LogP contribution in [0.25, 0.3) is 10.9 Å². The number of para-hydroxylation sites is 1. The minimum Gasteiger partial charge on any atom is -0.365 e. The molecule has 0 saturated heterocycles. The number of carbonyl (C=O) groups is 1. The molecule has 168 valence electrons. The van der Waals surface area contributed by atoms with Gasteiger partial charge in [0.2, 0.25) is 5.91 Å². The standard InChI is InChI=1S/C26H25FN4O2/c1-16-12-17(2)24(18(3)13-16)29-23(32)15-31-22-7-5-4-6-21(22)25(30-26(31)33)28-14-19-8-10-20(27)11-9-19/h4-13H,14-15H2,1-3H3,(H,29,32)(H,28,30,33). The molecule has 0 atom stereocenters. The highest BCUT2D eigenvalue weighted by molar-refractivity contribution is 5.94.